The van der Waals surface area contributed by atoms with Crippen molar-refractivity contribution in [1.29, 1.82) is 0 Å². The number of nitrogens with zero attached hydrogens (tertiary/aromatic N) is 2. The van der Waals surface area contributed by atoms with Crippen molar-refractivity contribution in [2.45, 2.75) is 57.7 Å². The summed E-state index contributed by atoms with van der Waals surface area (Å²) in [5.74, 6) is 0.467. The highest BCUT2D eigenvalue weighted by atomic mass is 16.2. The van der Waals surface area contributed by atoms with E-state index in [4.69, 9.17) is 0 Å². The van der Waals surface area contributed by atoms with E-state index in [1.807, 2.05) is 4.90 Å². The Bertz CT molecular complexity index is 975. The molecule has 2 aromatic rings. The largest absolute Gasteiger partial charge is 0.299 e. The van der Waals surface area contributed by atoms with E-state index >= 15 is 0 Å². The molecule has 2 aliphatic heterocycles. The van der Waals surface area contributed by atoms with Crippen molar-refractivity contribution in [2.75, 3.05) is 6.54 Å². The third-order valence-electron chi connectivity index (χ3n) is 6.59. The molecule has 2 unspecified atom stereocenters. The van der Waals surface area contributed by atoms with Gasteiger partial charge in [0.1, 0.15) is 5.78 Å². The minimum atomic E-state index is -0.169. The summed E-state index contributed by atoms with van der Waals surface area (Å²) in [6, 6.07) is 17.2. The Balaban J connectivity index is 1.77. The van der Waals surface area contributed by atoms with Crippen LogP contribution in [0.15, 0.2) is 48.5 Å². The van der Waals surface area contributed by atoms with E-state index in [9.17, 15) is 9.59 Å². The van der Waals surface area contributed by atoms with Gasteiger partial charge in [0.25, 0.3) is 0 Å². The van der Waals surface area contributed by atoms with E-state index in [1.54, 1.807) is 0 Å². The van der Waals surface area contributed by atoms with Crippen LogP contribution in [-0.4, -0.2) is 45.6 Å². The summed E-state index contributed by atoms with van der Waals surface area (Å²) < 4.78 is 2.44. The summed E-state index contributed by atoms with van der Waals surface area (Å²) >= 11 is 0. The standard InChI is InChI=1S/C25H27N2O2/c1-2-8-17-15-18(28)16-23(26-14-7-13-24(26)29)27(17)25-21-11-5-3-9-19(21)20-10-4-6-12-22(20)25/h3-6,9-12,17,23H,2,7-8,13-16H2,1H3/q+1. The molecule has 0 spiro atoms. The zero-order chi connectivity index (χ0) is 20.0. The fourth-order valence-electron chi connectivity index (χ4n) is 5.41. The predicted octanol–water partition coefficient (Wildman–Crippen LogP) is 4.00. The molecule has 2 saturated heterocycles. The molecule has 5 rings (SSSR count). The molecule has 0 bridgehead atoms. The first-order valence-electron chi connectivity index (χ1n) is 10.8. The van der Waals surface area contributed by atoms with Crippen LogP contribution in [0.1, 0.15) is 56.6 Å². The van der Waals surface area contributed by atoms with E-state index in [-0.39, 0.29) is 23.9 Å². The maximum atomic E-state index is 12.7. The van der Waals surface area contributed by atoms with Crippen LogP contribution < -0.4 is 0 Å². The molecule has 4 heteroatoms. The van der Waals surface area contributed by atoms with Crippen LogP contribution >= 0.6 is 0 Å². The zero-order valence-electron chi connectivity index (χ0n) is 16.9. The van der Waals surface area contributed by atoms with Crippen LogP contribution in [0, 0.1) is 0 Å². The summed E-state index contributed by atoms with van der Waals surface area (Å²) in [5, 5.41) is 0. The fraction of sp³-hybridized carbons (Fsp3) is 0.400. The average Bonchev–Trinajstić information content (AvgIpc) is 3.29. The smallest absolute Gasteiger partial charge is 0.238 e. The monoisotopic (exact) mass is 387 g/mol. The van der Waals surface area contributed by atoms with Gasteiger partial charge in [0.2, 0.25) is 17.8 Å². The Morgan fingerprint density at radius 2 is 1.55 bits per heavy atom. The number of carbonyl (C=O) groups is 2. The minimum absolute atomic E-state index is 0.133. The number of rotatable bonds is 3. The van der Waals surface area contributed by atoms with E-state index in [1.165, 1.54) is 28.0 Å². The van der Waals surface area contributed by atoms with Crippen LogP contribution in [0.25, 0.3) is 11.1 Å². The van der Waals surface area contributed by atoms with Crippen LogP contribution in [0.3, 0.4) is 0 Å². The van der Waals surface area contributed by atoms with Crippen molar-refractivity contribution in [2.24, 2.45) is 0 Å². The van der Waals surface area contributed by atoms with Gasteiger partial charge in [-0.25, -0.2) is 4.58 Å². The van der Waals surface area contributed by atoms with Crippen molar-refractivity contribution in [3.05, 3.63) is 59.7 Å². The normalized spacial score (nSPS) is 23.6. The van der Waals surface area contributed by atoms with E-state index in [0.717, 1.165) is 25.8 Å². The molecule has 1 amide bonds. The molecule has 2 aromatic carbocycles. The van der Waals surface area contributed by atoms with E-state index < -0.39 is 0 Å². The number of hydrogen-bond donors (Lipinski definition) is 0. The summed E-state index contributed by atoms with van der Waals surface area (Å²) in [6.45, 7) is 2.93. The Morgan fingerprint density at radius 1 is 0.931 bits per heavy atom. The maximum Gasteiger partial charge on any atom is 0.238 e. The highest BCUT2D eigenvalue weighted by Crippen LogP contribution is 2.39. The number of amides is 1. The third kappa shape index (κ3) is 2.93. The SMILES string of the molecule is CCCC1CC(=O)CC(N2CCCC2=O)[N+]1=C1c2ccccc2-c2ccccc21. The number of likely N-dealkylation sites (tertiary alicyclic amines) is 1. The molecule has 2 heterocycles. The van der Waals surface area contributed by atoms with Crippen molar-refractivity contribution >= 4 is 17.4 Å². The molecule has 148 valence electrons. The Morgan fingerprint density at radius 3 is 2.10 bits per heavy atom. The third-order valence-corrected chi connectivity index (χ3v) is 6.59. The Labute approximate surface area is 171 Å². The van der Waals surface area contributed by atoms with Gasteiger partial charge in [-0.15, -0.1) is 0 Å². The van der Waals surface area contributed by atoms with Crippen molar-refractivity contribution in [1.82, 2.24) is 4.90 Å². The van der Waals surface area contributed by atoms with Crippen molar-refractivity contribution < 1.29 is 14.2 Å². The van der Waals surface area contributed by atoms with Crippen molar-refractivity contribution in [3.63, 3.8) is 0 Å². The van der Waals surface area contributed by atoms with Crippen molar-refractivity contribution in [3.8, 4) is 11.1 Å². The number of carbonyl (C=O) groups excluding carboxylic acids is 2. The van der Waals surface area contributed by atoms with Gasteiger partial charge in [0.15, 0.2) is 6.04 Å². The average molecular weight is 388 g/mol. The van der Waals surface area contributed by atoms with Crippen LogP contribution in [0.5, 0.6) is 0 Å². The van der Waals surface area contributed by atoms with Gasteiger partial charge in [0, 0.05) is 19.4 Å². The number of benzene rings is 2. The number of piperidine rings is 1. The molecule has 29 heavy (non-hydrogen) atoms. The lowest BCUT2D eigenvalue weighted by Crippen LogP contribution is -2.55. The topological polar surface area (TPSA) is 40.4 Å². The second-order valence-corrected chi connectivity index (χ2v) is 8.41. The zero-order valence-corrected chi connectivity index (χ0v) is 16.9. The number of fused-ring (bicyclic) bond motifs is 3. The molecule has 4 nitrogen and oxygen atoms in total. The number of ketones is 1. The summed E-state index contributed by atoms with van der Waals surface area (Å²) in [7, 11) is 0. The number of hydrogen-bond acceptors (Lipinski definition) is 2. The van der Waals surface area contributed by atoms with E-state index in [2.05, 4.69) is 60.0 Å². The highest BCUT2D eigenvalue weighted by molar-refractivity contribution is 6.22. The molecule has 1 aliphatic carbocycles. The van der Waals surface area contributed by atoms with Gasteiger partial charge in [-0.05, 0) is 36.1 Å². The van der Waals surface area contributed by atoms with Gasteiger partial charge in [-0.3, -0.25) is 14.5 Å². The first-order chi connectivity index (χ1) is 14.2. The molecular formula is C25H27N2O2+. The molecule has 0 radical (unpaired) electrons. The van der Waals surface area contributed by atoms with Gasteiger partial charge >= 0.3 is 0 Å². The van der Waals surface area contributed by atoms with Gasteiger partial charge in [-0.1, -0.05) is 43.3 Å². The molecule has 0 N–H and O–H groups in total. The lowest BCUT2D eigenvalue weighted by Gasteiger charge is -2.33. The van der Waals surface area contributed by atoms with Crippen LogP contribution in [-0.2, 0) is 9.59 Å². The number of Topliss-reactive ketones (excluding diaryl/α,β-unsaturated/α-hetero) is 1. The molecule has 0 saturated carbocycles. The quantitative estimate of drug-likeness (QED) is 0.638. The second-order valence-electron chi connectivity index (χ2n) is 8.41. The maximum absolute atomic E-state index is 12.7. The van der Waals surface area contributed by atoms with Crippen LogP contribution in [0.4, 0.5) is 0 Å². The van der Waals surface area contributed by atoms with Gasteiger partial charge < -0.3 is 0 Å². The lowest BCUT2D eigenvalue weighted by molar-refractivity contribution is -0.623. The first-order valence-corrected chi connectivity index (χ1v) is 10.8. The predicted molar refractivity (Wildman–Crippen MR) is 113 cm³/mol. The summed E-state index contributed by atoms with van der Waals surface area (Å²) in [5.41, 5.74) is 6.14. The highest BCUT2D eigenvalue weighted by Gasteiger charge is 2.47. The molecule has 0 aromatic heterocycles. The van der Waals surface area contributed by atoms with Crippen LogP contribution in [0.2, 0.25) is 0 Å². The molecular weight excluding hydrogens is 360 g/mol. The second kappa shape index (κ2) is 7.25. The van der Waals surface area contributed by atoms with E-state index in [0.29, 0.717) is 19.3 Å². The molecule has 2 atom stereocenters. The lowest BCUT2D eigenvalue weighted by atomic mass is 9.93. The Kier molecular flexibility index (Phi) is 4.57. The summed E-state index contributed by atoms with van der Waals surface area (Å²) in [6.07, 6.45) is 4.29. The Hall–Kier alpha value is -2.75. The van der Waals surface area contributed by atoms with Gasteiger partial charge in [-0.2, -0.15) is 0 Å². The molecule has 2 fully saturated rings. The minimum Gasteiger partial charge on any atom is -0.299 e. The fourth-order valence-corrected chi connectivity index (χ4v) is 5.41. The summed E-state index contributed by atoms with van der Waals surface area (Å²) in [4.78, 5) is 27.3. The molecule has 3 aliphatic rings. The first kappa shape index (κ1) is 18.3. The van der Waals surface area contributed by atoms with Gasteiger partial charge in [0.05, 0.1) is 24.0 Å².